The molecule has 0 aliphatic carbocycles. The molecule has 0 radical (unpaired) electrons. The predicted octanol–water partition coefficient (Wildman–Crippen LogP) is 1.59. The van der Waals surface area contributed by atoms with E-state index in [1.54, 1.807) is 25.3 Å². The van der Waals surface area contributed by atoms with Crippen molar-refractivity contribution in [3.63, 3.8) is 0 Å². The number of methoxy groups -OCH3 is 1. The molecular weight excluding hydrogens is 236 g/mol. The van der Waals surface area contributed by atoms with Crippen LogP contribution >= 0.6 is 11.6 Å². The molecule has 0 bridgehead atoms. The number of rotatable bonds is 5. The molecule has 0 amide bonds. The van der Waals surface area contributed by atoms with Crippen LogP contribution in [-0.2, 0) is 16.6 Å². The Morgan fingerprint density at radius 2 is 2.27 bits per heavy atom. The zero-order valence-corrected chi connectivity index (χ0v) is 9.98. The van der Waals surface area contributed by atoms with Gasteiger partial charge >= 0.3 is 0 Å². The highest BCUT2D eigenvalue weighted by molar-refractivity contribution is 7.84. The van der Waals surface area contributed by atoms with E-state index >= 15 is 0 Å². The largest absolute Gasteiger partial charge is 0.497 e. The Morgan fingerprint density at radius 3 is 2.80 bits per heavy atom. The molecule has 0 spiro atoms. The van der Waals surface area contributed by atoms with Crippen LogP contribution in [0, 0.1) is 0 Å². The summed E-state index contributed by atoms with van der Waals surface area (Å²) in [5.41, 5.74) is 0.809. The van der Waals surface area contributed by atoms with Gasteiger partial charge in [0.2, 0.25) is 0 Å². The lowest BCUT2D eigenvalue weighted by atomic mass is 10.2. The molecule has 0 fully saturated rings. The Morgan fingerprint density at radius 1 is 1.53 bits per heavy atom. The van der Waals surface area contributed by atoms with E-state index in [1.165, 1.54) is 0 Å². The van der Waals surface area contributed by atoms with Gasteiger partial charge in [-0.2, -0.15) is 0 Å². The number of aliphatic hydroxyl groups is 1. The lowest BCUT2D eigenvalue weighted by Gasteiger charge is -2.06. The van der Waals surface area contributed by atoms with Gasteiger partial charge < -0.3 is 9.84 Å². The van der Waals surface area contributed by atoms with Gasteiger partial charge in [0, 0.05) is 21.6 Å². The fourth-order valence-electron chi connectivity index (χ4n) is 1.12. The molecule has 1 aromatic rings. The summed E-state index contributed by atoms with van der Waals surface area (Å²) in [4.78, 5) is 0. The smallest absolute Gasteiger partial charge is 0.120 e. The van der Waals surface area contributed by atoms with Gasteiger partial charge in [-0.3, -0.25) is 4.21 Å². The molecule has 15 heavy (non-hydrogen) atoms. The second-order valence-electron chi connectivity index (χ2n) is 2.97. The van der Waals surface area contributed by atoms with Gasteiger partial charge in [0.1, 0.15) is 5.75 Å². The van der Waals surface area contributed by atoms with Crippen LogP contribution in [0.2, 0.25) is 5.02 Å². The van der Waals surface area contributed by atoms with Gasteiger partial charge in [-0.05, 0) is 17.7 Å². The van der Waals surface area contributed by atoms with Crippen LogP contribution in [-0.4, -0.2) is 28.8 Å². The monoisotopic (exact) mass is 248 g/mol. The van der Waals surface area contributed by atoms with Crippen molar-refractivity contribution in [3.8, 4) is 5.75 Å². The van der Waals surface area contributed by atoms with Crippen molar-refractivity contribution in [3.05, 3.63) is 28.8 Å². The molecule has 1 unspecified atom stereocenters. The van der Waals surface area contributed by atoms with E-state index in [1.807, 2.05) is 0 Å². The third kappa shape index (κ3) is 3.81. The average Bonchev–Trinajstić information content (AvgIpc) is 2.21. The fraction of sp³-hybridized carbons (Fsp3) is 0.400. The molecule has 1 atom stereocenters. The number of aliphatic hydroxyl groups excluding tert-OH is 1. The maximum atomic E-state index is 11.4. The van der Waals surface area contributed by atoms with Crippen LogP contribution in [0.15, 0.2) is 18.2 Å². The lowest BCUT2D eigenvalue weighted by molar-refractivity contribution is 0.321. The van der Waals surface area contributed by atoms with E-state index in [2.05, 4.69) is 0 Å². The van der Waals surface area contributed by atoms with Gasteiger partial charge in [-0.1, -0.05) is 17.7 Å². The molecule has 0 saturated carbocycles. The molecule has 0 heterocycles. The van der Waals surface area contributed by atoms with E-state index in [0.717, 1.165) is 5.56 Å². The van der Waals surface area contributed by atoms with Gasteiger partial charge in [0.05, 0.1) is 19.5 Å². The fourth-order valence-corrected chi connectivity index (χ4v) is 2.38. The number of benzene rings is 1. The third-order valence-electron chi connectivity index (χ3n) is 1.90. The molecule has 5 heteroatoms. The zero-order chi connectivity index (χ0) is 11.3. The lowest BCUT2D eigenvalue weighted by Crippen LogP contribution is -2.04. The second-order valence-corrected chi connectivity index (χ2v) is 4.95. The Kier molecular flexibility index (Phi) is 5.08. The average molecular weight is 249 g/mol. The normalized spacial score (nSPS) is 12.5. The summed E-state index contributed by atoms with van der Waals surface area (Å²) in [5.74, 6) is 1.32. The number of ether oxygens (including phenoxy) is 1. The van der Waals surface area contributed by atoms with Crippen molar-refractivity contribution in [2.75, 3.05) is 19.5 Å². The van der Waals surface area contributed by atoms with Crippen LogP contribution in [0.4, 0.5) is 0 Å². The highest BCUT2D eigenvalue weighted by atomic mass is 35.5. The van der Waals surface area contributed by atoms with Gasteiger partial charge in [0.15, 0.2) is 0 Å². The maximum absolute atomic E-state index is 11.4. The SMILES string of the molecule is COc1ccc(CS(=O)CCO)c(Cl)c1. The quantitative estimate of drug-likeness (QED) is 0.861. The van der Waals surface area contributed by atoms with Crippen LogP contribution in [0.5, 0.6) is 5.75 Å². The van der Waals surface area contributed by atoms with Crippen molar-refractivity contribution in [1.82, 2.24) is 0 Å². The Hall–Kier alpha value is -0.580. The third-order valence-corrected chi connectivity index (χ3v) is 3.52. The van der Waals surface area contributed by atoms with Crippen molar-refractivity contribution >= 4 is 22.4 Å². The van der Waals surface area contributed by atoms with E-state index in [4.69, 9.17) is 21.4 Å². The van der Waals surface area contributed by atoms with Crippen molar-refractivity contribution in [2.45, 2.75) is 5.75 Å². The first-order valence-electron chi connectivity index (χ1n) is 4.45. The topological polar surface area (TPSA) is 46.5 Å². The maximum Gasteiger partial charge on any atom is 0.120 e. The van der Waals surface area contributed by atoms with Crippen LogP contribution in [0.1, 0.15) is 5.56 Å². The molecule has 0 aromatic heterocycles. The Labute approximate surface area is 96.5 Å². The van der Waals surface area contributed by atoms with Gasteiger partial charge in [-0.25, -0.2) is 0 Å². The highest BCUT2D eigenvalue weighted by Gasteiger charge is 2.06. The Bertz CT molecular complexity index is 355. The first kappa shape index (κ1) is 12.5. The molecule has 1 aromatic carbocycles. The molecular formula is C10H13ClO3S. The van der Waals surface area contributed by atoms with E-state index in [0.29, 0.717) is 16.5 Å². The summed E-state index contributed by atoms with van der Waals surface area (Å²) in [5, 5.41) is 9.16. The van der Waals surface area contributed by atoms with E-state index in [9.17, 15) is 4.21 Å². The number of halogens is 1. The summed E-state index contributed by atoms with van der Waals surface area (Å²) in [6.07, 6.45) is 0. The molecule has 0 saturated heterocycles. The number of hydrogen-bond donors (Lipinski definition) is 1. The van der Waals surface area contributed by atoms with Crippen LogP contribution < -0.4 is 4.74 Å². The standard InChI is InChI=1S/C10H13ClO3S/c1-14-9-3-2-8(10(11)6-9)7-15(13)5-4-12/h2-3,6,12H,4-5,7H2,1H3. The zero-order valence-electron chi connectivity index (χ0n) is 8.40. The first-order chi connectivity index (χ1) is 7.17. The van der Waals surface area contributed by atoms with Gasteiger partial charge in [0.25, 0.3) is 0 Å². The van der Waals surface area contributed by atoms with Gasteiger partial charge in [-0.15, -0.1) is 0 Å². The predicted molar refractivity (Wildman–Crippen MR) is 61.8 cm³/mol. The molecule has 1 N–H and O–H groups in total. The minimum atomic E-state index is -1.07. The number of hydrogen-bond acceptors (Lipinski definition) is 3. The molecule has 84 valence electrons. The second kappa shape index (κ2) is 6.10. The minimum absolute atomic E-state index is 0.0691. The molecule has 0 aliphatic rings. The van der Waals surface area contributed by atoms with Crippen molar-refractivity contribution in [2.24, 2.45) is 0 Å². The van der Waals surface area contributed by atoms with E-state index in [-0.39, 0.29) is 12.4 Å². The highest BCUT2D eigenvalue weighted by Crippen LogP contribution is 2.23. The van der Waals surface area contributed by atoms with E-state index < -0.39 is 10.8 Å². The first-order valence-corrected chi connectivity index (χ1v) is 6.32. The summed E-state index contributed by atoms with van der Waals surface area (Å²) in [6, 6.07) is 5.25. The van der Waals surface area contributed by atoms with Crippen LogP contribution in [0.3, 0.4) is 0 Å². The Balaban J connectivity index is 2.73. The molecule has 3 nitrogen and oxygen atoms in total. The van der Waals surface area contributed by atoms with Crippen molar-refractivity contribution < 1.29 is 14.1 Å². The minimum Gasteiger partial charge on any atom is -0.497 e. The van der Waals surface area contributed by atoms with Crippen molar-refractivity contribution in [1.29, 1.82) is 0 Å². The molecule has 1 rings (SSSR count). The summed E-state index contributed by atoms with van der Waals surface area (Å²) >= 11 is 5.98. The van der Waals surface area contributed by atoms with Crippen LogP contribution in [0.25, 0.3) is 0 Å². The summed E-state index contributed by atoms with van der Waals surface area (Å²) < 4.78 is 16.4. The summed E-state index contributed by atoms with van der Waals surface area (Å²) in [7, 11) is 0.500. The molecule has 0 aliphatic heterocycles. The summed E-state index contributed by atoms with van der Waals surface area (Å²) in [6.45, 7) is -0.0691.